The number of aromatic nitrogens is 2. The van der Waals surface area contributed by atoms with Crippen molar-refractivity contribution in [3.05, 3.63) is 72.6 Å². The maximum Gasteiger partial charge on any atom is 0.234 e. The summed E-state index contributed by atoms with van der Waals surface area (Å²) in [6, 6.07) is 18.1. The van der Waals surface area contributed by atoms with Gasteiger partial charge in [-0.25, -0.2) is 0 Å². The van der Waals surface area contributed by atoms with Crippen molar-refractivity contribution in [3.8, 4) is 11.1 Å². The number of benzene rings is 2. The molecule has 4 rings (SSSR count). The van der Waals surface area contributed by atoms with Crippen LogP contribution in [0.4, 0.5) is 5.69 Å². The Morgan fingerprint density at radius 3 is 2.48 bits per heavy atom. The van der Waals surface area contributed by atoms with Gasteiger partial charge in [-0.1, -0.05) is 42.5 Å². The first kappa shape index (κ1) is 13.8. The first-order chi connectivity index (χ1) is 11.3. The van der Waals surface area contributed by atoms with E-state index in [4.69, 9.17) is 0 Å². The standard InChI is InChI=1S/C19H17N3O/c23-19-18(15-4-2-1-3-5-15)10-11-22(19)17-8-6-14(7-9-17)16-12-20-21-13-16/h1-9,12-13,18H,10-11H2,(H,20,21)/t18-/m1/s1. The van der Waals surface area contributed by atoms with Crippen molar-refractivity contribution in [2.75, 3.05) is 11.4 Å². The quantitative estimate of drug-likeness (QED) is 0.803. The monoisotopic (exact) mass is 303 g/mol. The van der Waals surface area contributed by atoms with Crippen LogP contribution in [-0.4, -0.2) is 22.6 Å². The number of anilines is 1. The molecule has 1 saturated heterocycles. The molecule has 0 saturated carbocycles. The Morgan fingerprint density at radius 2 is 1.78 bits per heavy atom. The van der Waals surface area contributed by atoms with E-state index < -0.39 is 0 Å². The lowest BCUT2D eigenvalue weighted by Crippen LogP contribution is -2.26. The van der Waals surface area contributed by atoms with E-state index in [0.29, 0.717) is 0 Å². The largest absolute Gasteiger partial charge is 0.312 e. The molecular weight excluding hydrogens is 286 g/mol. The zero-order chi connectivity index (χ0) is 15.6. The molecule has 1 aliphatic heterocycles. The fraction of sp³-hybridized carbons (Fsp3) is 0.158. The van der Waals surface area contributed by atoms with Crippen LogP contribution in [0.3, 0.4) is 0 Å². The van der Waals surface area contributed by atoms with Crippen molar-refractivity contribution >= 4 is 11.6 Å². The van der Waals surface area contributed by atoms with E-state index >= 15 is 0 Å². The summed E-state index contributed by atoms with van der Waals surface area (Å²) in [5.74, 6) is 0.164. The molecule has 1 aromatic heterocycles. The van der Waals surface area contributed by atoms with Gasteiger partial charge in [0, 0.05) is 24.0 Å². The summed E-state index contributed by atoms with van der Waals surface area (Å²) >= 11 is 0. The molecule has 0 radical (unpaired) electrons. The molecule has 0 spiro atoms. The highest BCUT2D eigenvalue weighted by atomic mass is 16.2. The second-order valence-electron chi connectivity index (χ2n) is 5.78. The van der Waals surface area contributed by atoms with E-state index in [-0.39, 0.29) is 11.8 Å². The fourth-order valence-electron chi connectivity index (χ4n) is 3.17. The van der Waals surface area contributed by atoms with Crippen molar-refractivity contribution in [2.45, 2.75) is 12.3 Å². The van der Waals surface area contributed by atoms with Gasteiger partial charge in [-0.15, -0.1) is 0 Å². The molecule has 114 valence electrons. The highest BCUT2D eigenvalue weighted by Gasteiger charge is 2.33. The number of carbonyl (C=O) groups excluding carboxylic acids is 1. The first-order valence-corrected chi connectivity index (χ1v) is 7.78. The van der Waals surface area contributed by atoms with Gasteiger partial charge >= 0.3 is 0 Å². The average molecular weight is 303 g/mol. The number of hydrogen-bond donors (Lipinski definition) is 1. The summed E-state index contributed by atoms with van der Waals surface area (Å²) in [5.41, 5.74) is 4.20. The van der Waals surface area contributed by atoms with Gasteiger partial charge in [0.1, 0.15) is 0 Å². The molecule has 0 bridgehead atoms. The van der Waals surface area contributed by atoms with Gasteiger partial charge in [-0.2, -0.15) is 5.10 Å². The molecule has 2 heterocycles. The molecule has 4 nitrogen and oxygen atoms in total. The summed E-state index contributed by atoms with van der Waals surface area (Å²) in [4.78, 5) is 14.6. The number of aromatic amines is 1. The van der Waals surface area contributed by atoms with Gasteiger partial charge in [0.05, 0.1) is 12.1 Å². The van der Waals surface area contributed by atoms with Crippen molar-refractivity contribution < 1.29 is 4.79 Å². The minimum absolute atomic E-state index is 0.0234. The Balaban J connectivity index is 1.56. The number of rotatable bonds is 3. The van der Waals surface area contributed by atoms with Crippen LogP contribution >= 0.6 is 0 Å². The lowest BCUT2D eigenvalue weighted by Gasteiger charge is -2.17. The Morgan fingerprint density at radius 1 is 1.00 bits per heavy atom. The molecular formula is C19H17N3O. The van der Waals surface area contributed by atoms with Gasteiger partial charge < -0.3 is 4.90 Å². The highest BCUT2D eigenvalue weighted by molar-refractivity contribution is 6.00. The van der Waals surface area contributed by atoms with Crippen molar-refractivity contribution in [1.82, 2.24) is 10.2 Å². The number of amides is 1. The van der Waals surface area contributed by atoms with Crippen LogP contribution in [0.1, 0.15) is 17.9 Å². The Kier molecular flexibility index (Phi) is 3.42. The van der Waals surface area contributed by atoms with E-state index in [1.54, 1.807) is 6.20 Å². The summed E-state index contributed by atoms with van der Waals surface area (Å²) in [7, 11) is 0. The van der Waals surface area contributed by atoms with E-state index in [1.807, 2.05) is 65.7 Å². The molecule has 1 N–H and O–H groups in total. The molecule has 0 unspecified atom stereocenters. The second-order valence-corrected chi connectivity index (χ2v) is 5.78. The summed E-state index contributed by atoms with van der Waals surface area (Å²) in [6.07, 6.45) is 4.52. The minimum atomic E-state index is -0.0234. The van der Waals surface area contributed by atoms with Crippen LogP contribution < -0.4 is 4.90 Å². The summed E-state index contributed by atoms with van der Waals surface area (Å²) in [5, 5.41) is 6.78. The lowest BCUT2D eigenvalue weighted by atomic mass is 9.98. The maximum atomic E-state index is 12.7. The first-order valence-electron chi connectivity index (χ1n) is 7.78. The highest BCUT2D eigenvalue weighted by Crippen LogP contribution is 2.32. The van der Waals surface area contributed by atoms with Crippen molar-refractivity contribution in [1.29, 1.82) is 0 Å². The van der Waals surface area contributed by atoms with E-state index in [1.165, 1.54) is 0 Å². The molecule has 23 heavy (non-hydrogen) atoms. The zero-order valence-corrected chi connectivity index (χ0v) is 12.6. The topological polar surface area (TPSA) is 49.0 Å². The van der Waals surface area contributed by atoms with E-state index in [9.17, 15) is 4.79 Å². The van der Waals surface area contributed by atoms with Crippen LogP contribution in [0.15, 0.2) is 67.0 Å². The number of nitrogens with zero attached hydrogens (tertiary/aromatic N) is 2. The molecule has 0 aliphatic carbocycles. The molecule has 1 amide bonds. The Bertz CT molecular complexity index is 794. The van der Waals surface area contributed by atoms with Crippen LogP contribution in [0.5, 0.6) is 0 Å². The number of hydrogen-bond acceptors (Lipinski definition) is 2. The van der Waals surface area contributed by atoms with Crippen LogP contribution in [-0.2, 0) is 4.79 Å². The van der Waals surface area contributed by atoms with Crippen molar-refractivity contribution in [3.63, 3.8) is 0 Å². The lowest BCUT2D eigenvalue weighted by molar-refractivity contribution is -0.118. The fourth-order valence-corrected chi connectivity index (χ4v) is 3.17. The van der Waals surface area contributed by atoms with Gasteiger partial charge in [0.15, 0.2) is 0 Å². The Hall–Kier alpha value is -2.88. The molecule has 2 aromatic carbocycles. The minimum Gasteiger partial charge on any atom is -0.312 e. The van der Waals surface area contributed by atoms with Crippen LogP contribution in [0.25, 0.3) is 11.1 Å². The number of H-pyrrole nitrogens is 1. The SMILES string of the molecule is O=C1[C@@H](c2ccccc2)CCN1c1ccc(-c2cn[nH]c2)cc1. The number of carbonyl (C=O) groups is 1. The van der Waals surface area contributed by atoms with E-state index in [0.717, 1.165) is 35.3 Å². The molecule has 4 heteroatoms. The van der Waals surface area contributed by atoms with Gasteiger partial charge in [-0.3, -0.25) is 9.89 Å². The third-order valence-electron chi connectivity index (χ3n) is 4.42. The molecule has 1 fully saturated rings. The van der Waals surface area contributed by atoms with Crippen LogP contribution in [0.2, 0.25) is 0 Å². The smallest absolute Gasteiger partial charge is 0.234 e. The zero-order valence-electron chi connectivity index (χ0n) is 12.6. The normalized spacial score (nSPS) is 17.7. The molecule has 3 aromatic rings. The van der Waals surface area contributed by atoms with Gasteiger partial charge in [0.2, 0.25) is 5.91 Å². The van der Waals surface area contributed by atoms with Gasteiger partial charge in [0.25, 0.3) is 0 Å². The second kappa shape index (κ2) is 5.72. The number of nitrogens with one attached hydrogen (secondary N) is 1. The predicted octanol–water partition coefficient (Wildman–Crippen LogP) is 3.60. The molecule has 1 aliphatic rings. The van der Waals surface area contributed by atoms with Crippen LogP contribution in [0, 0.1) is 0 Å². The Labute approximate surface area is 134 Å². The van der Waals surface area contributed by atoms with Gasteiger partial charge in [-0.05, 0) is 29.7 Å². The maximum absolute atomic E-state index is 12.7. The average Bonchev–Trinajstić information content (AvgIpc) is 3.26. The molecule has 1 atom stereocenters. The third kappa shape index (κ3) is 2.52. The summed E-state index contributed by atoms with van der Waals surface area (Å²) < 4.78 is 0. The van der Waals surface area contributed by atoms with E-state index in [2.05, 4.69) is 10.2 Å². The third-order valence-corrected chi connectivity index (χ3v) is 4.42. The predicted molar refractivity (Wildman–Crippen MR) is 90.2 cm³/mol. The van der Waals surface area contributed by atoms with Crippen molar-refractivity contribution in [2.24, 2.45) is 0 Å². The summed E-state index contributed by atoms with van der Waals surface area (Å²) in [6.45, 7) is 0.767.